The van der Waals surface area contributed by atoms with Crippen molar-refractivity contribution in [3.63, 3.8) is 0 Å². The molecule has 1 aliphatic carbocycles. The summed E-state index contributed by atoms with van der Waals surface area (Å²) in [7, 11) is 0. The third-order valence-corrected chi connectivity index (χ3v) is 4.47. The Morgan fingerprint density at radius 2 is 1.88 bits per heavy atom. The number of nitrogens with one attached hydrogen (secondary N) is 1. The Hall–Kier alpha value is -2.14. The van der Waals surface area contributed by atoms with Crippen LogP contribution in [0.2, 0.25) is 0 Å². The van der Waals surface area contributed by atoms with E-state index in [0.29, 0.717) is 19.4 Å². The Balaban J connectivity index is 2.36. The molecule has 0 bridgehead atoms. The van der Waals surface area contributed by atoms with Gasteiger partial charge in [0.1, 0.15) is 0 Å². The van der Waals surface area contributed by atoms with Crippen LogP contribution in [0.15, 0.2) is 17.6 Å². The number of ether oxygens (including phenoxy) is 2. The lowest BCUT2D eigenvalue weighted by molar-refractivity contribution is -0.137. The first-order valence-corrected chi connectivity index (χ1v) is 8.96. The Morgan fingerprint density at radius 1 is 1.23 bits per heavy atom. The number of nitrogens with zero attached hydrogens (tertiary/aromatic N) is 1. The standard InChI is InChI=1S/C19H30N2O5/c1-5-16(23)25-8-6-7-9-26-17(24)21-15-10-18(2,3)12-19(4,11-15)13-20-14-22/h5,15H,1,6-13H2,2-4H3,(H,21,24). The molecule has 0 spiro atoms. The van der Waals surface area contributed by atoms with Crippen molar-refractivity contribution < 1.29 is 23.9 Å². The Labute approximate surface area is 155 Å². The number of hydrogen-bond donors (Lipinski definition) is 1. The fourth-order valence-electron chi connectivity index (χ4n) is 3.89. The number of isocyanates is 1. The van der Waals surface area contributed by atoms with Crippen LogP contribution in [0.5, 0.6) is 0 Å². The van der Waals surface area contributed by atoms with Crippen LogP contribution in [0.25, 0.3) is 0 Å². The molecule has 0 heterocycles. The van der Waals surface area contributed by atoms with Gasteiger partial charge in [0.25, 0.3) is 0 Å². The fraction of sp³-hybridized carbons (Fsp3) is 0.737. The molecule has 1 amide bonds. The molecule has 0 radical (unpaired) electrons. The van der Waals surface area contributed by atoms with Gasteiger partial charge in [-0.3, -0.25) is 0 Å². The molecular formula is C19H30N2O5. The van der Waals surface area contributed by atoms with E-state index in [0.717, 1.165) is 25.3 Å². The van der Waals surface area contributed by atoms with E-state index < -0.39 is 12.1 Å². The number of rotatable bonds is 9. The van der Waals surface area contributed by atoms with Crippen molar-refractivity contribution in [3.8, 4) is 0 Å². The molecule has 1 rings (SSSR count). The van der Waals surface area contributed by atoms with Gasteiger partial charge in [-0.15, -0.1) is 0 Å². The Morgan fingerprint density at radius 3 is 2.50 bits per heavy atom. The molecule has 7 nitrogen and oxygen atoms in total. The molecule has 7 heteroatoms. The lowest BCUT2D eigenvalue weighted by Crippen LogP contribution is -2.48. The minimum Gasteiger partial charge on any atom is -0.463 e. The van der Waals surface area contributed by atoms with E-state index in [2.05, 4.69) is 37.7 Å². The maximum absolute atomic E-state index is 12.0. The maximum atomic E-state index is 12.0. The summed E-state index contributed by atoms with van der Waals surface area (Å²) in [4.78, 5) is 37.1. The summed E-state index contributed by atoms with van der Waals surface area (Å²) in [5, 5.41) is 2.92. The minimum atomic E-state index is -0.453. The predicted octanol–water partition coefficient (Wildman–Crippen LogP) is 3.14. The Kier molecular flexibility index (Phi) is 8.52. The van der Waals surface area contributed by atoms with Crippen LogP contribution in [0.1, 0.15) is 52.9 Å². The summed E-state index contributed by atoms with van der Waals surface area (Å²) in [5.74, 6) is -0.453. The number of carbonyl (C=O) groups excluding carboxylic acids is 3. The largest absolute Gasteiger partial charge is 0.463 e. The van der Waals surface area contributed by atoms with Crippen LogP contribution in [-0.2, 0) is 19.1 Å². The number of amides is 1. The van der Waals surface area contributed by atoms with Crippen LogP contribution < -0.4 is 5.32 Å². The third kappa shape index (κ3) is 8.30. The average Bonchev–Trinajstić information content (AvgIpc) is 2.54. The highest BCUT2D eigenvalue weighted by Gasteiger charge is 2.41. The molecule has 0 aromatic carbocycles. The van der Waals surface area contributed by atoms with Gasteiger partial charge >= 0.3 is 12.1 Å². The van der Waals surface area contributed by atoms with E-state index in [1.807, 2.05) is 0 Å². The van der Waals surface area contributed by atoms with Crippen LogP contribution in [-0.4, -0.2) is 43.9 Å². The van der Waals surface area contributed by atoms with Crippen molar-refractivity contribution in [3.05, 3.63) is 12.7 Å². The molecule has 2 unspecified atom stereocenters. The molecule has 1 fully saturated rings. The molecule has 0 saturated heterocycles. The minimum absolute atomic E-state index is 0.0216. The third-order valence-electron chi connectivity index (χ3n) is 4.47. The molecule has 1 N–H and O–H groups in total. The van der Waals surface area contributed by atoms with Crippen molar-refractivity contribution >= 4 is 18.1 Å². The normalized spacial score (nSPS) is 24.0. The molecule has 1 aliphatic rings. The van der Waals surface area contributed by atoms with Gasteiger partial charge in [0.05, 0.1) is 19.8 Å². The summed E-state index contributed by atoms with van der Waals surface area (Å²) >= 11 is 0. The molecule has 0 aromatic rings. The summed E-state index contributed by atoms with van der Waals surface area (Å²) in [6.45, 7) is 10.7. The SMILES string of the molecule is C=CC(=O)OCCCCOC(=O)NC1CC(C)(C)CC(C)(CN=C=O)C1. The Bertz CT molecular complexity index is 554. The molecule has 0 aliphatic heterocycles. The van der Waals surface area contributed by atoms with Crippen molar-refractivity contribution in [2.75, 3.05) is 19.8 Å². The monoisotopic (exact) mass is 366 g/mol. The highest BCUT2D eigenvalue weighted by atomic mass is 16.5. The van der Waals surface area contributed by atoms with Crippen LogP contribution >= 0.6 is 0 Å². The van der Waals surface area contributed by atoms with Gasteiger partial charge in [-0.25, -0.2) is 19.4 Å². The topological polar surface area (TPSA) is 94.1 Å². The quantitative estimate of drug-likeness (QED) is 0.222. The molecule has 0 aromatic heterocycles. The number of aliphatic imine (C=N–C) groups is 1. The van der Waals surface area contributed by atoms with E-state index in [-0.39, 0.29) is 30.1 Å². The molecule has 2 atom stereocenters. The summed E-state index contributed by atoms with van der Waals surface area (Å²) in [5.41, 5.74) is -0.107. The van der Waals surface area contributed by atoms with Crippen LogP contribution in [0.4, 0.5) is 4.79 Å². The van der Waals surface area contributed by atoms with Crippen molar-refractivity contribution in [2.24, 2.45) is 15.8 Å². The first-order valence-electron chi connectivity index (χ1n) is 8.96. The zero-order valence-corrected chi connectivity index (χ0v) is 16.0. The fourth-order valence-corrected chi connectivity index (χ4v) is 3.89. The molecular weight excluding hydrogens is 336 g/mol. The second kappa shape index (κ2) is 10.1. The molecule has 146 valence electrons. The number of esters is 1. The number of unbranched alkanes of at least 4 members (excludes halogenated alkanes) is 1. The van der Waals surface area contributed by atoms with Crippen molar-refractivity contribution in [1.29, 1.82) is 0 Å². The van der Waals surface area contributed by atoms with Gasteiger partial charge in [0.15, 0.2) is 0 Å². The number of carbonyl (C=O) groups is 2. The highest BCUT2D eigenvalue weighted by Crippen LogP contribution is 2.46. The maximum Gasteiger partial charge on any atom is 0.407 e. The number of alkyl carbamates (subject to hydrolysis) is 1. The van der Waals surface area contributed by atoms with Crippen molar-refractivity contribution in [1.82, 2.24) is 5.32 Å². The van der Waals surface area contributed by atoms with E-state index in [1.165, 1.54) is 0 Å². The first-order chi connectivity index (χ1) is 12.2. The van der Waals surface area contributed by atoms with E-state index in [1.54, 1.807) is 6.08 Å². The lowest BCUT2D eigenvalue weighted by Gasteiger charge is -2.45. The smallest absolute Gasteiger partial charge is 0.407 e. The second-order valence-corrected chi connectivity index (χ2v) is 8.02. The predicted molar refractivity (Wildman–Crippen MR) is 97.4 cm³/mol. The number of hydrogen-bond acceptors (Lipinski definition) is 6. The van der Waals surface area contributed by atoms with E-state index in [4.69, 9.17) is 9.47 Å². The van der Waals surface area contributed by atoms with Gasteiger partial charge in [0.2, 0.25) is 6.08 Å². The first kappa shape index (κ1) is 21.9. The van der Waals surface area contributed by atoms with Crippen LogP contribution in [0, 0.1) is 10.8 Å². The van der Waals surface area contributed by atoms with E-state index in [9.17, 15) is 14.4 Å². The summed E-state index contributed by atoms with van der Waals surface area (Å²) in [6.07, 6.45) is 6.02. The zero-order valence-electron chi connectivity index (χ0n) is 16.0. The van der Waals surface area contributed by atoms with Crippen LogP contribution in [0.3, 0.4) is 0 Å². The van der Waals surface area contributed by atoms with Gasteiger partial charge in [-0.05, 0) is 42.9 Å². The van der Waals surface area contributed by atoms with Gasteiger partial charge in [-0.2, -0.15) is 0 Å². The summed E-state index contributed by atoms with van der Waals surface area (Å²) < 4.78 is 10.0. The van der Waals surface area contributed by atoms with Gasteiger partial charge < -0.3 is 14.8 Å². The lowest BCUT2D eigenvalue weighted by atomic mass is 9.62. The van der Waals surface area contributed by atoms with E-state index >= 15 is 0 Å². The average molecular weight is 366 g/mol. The zero-order chi connectivity index (χ0) is 19.6. The van der Waals surface area contributed by atoms with Crippen molar-refractivity contribution in [2.45, 2.75) is 58.9 Å². The molecule has 1 saturated carbocycles. The van der Waals surface area contributed by atoms with Gasteiger partial charge in [0, 0.05) is 12.1 Å². The molecule has 26 heavy (non-hydrogen) atoms. The van der Waals surface area contributed by atoms with Gasteiger partial charge in [-0.1, -0.05) is 27.4 Å². The second-order valence-electron chi connectivity index (χ2n) is 8.02. The highest BCUT2D eigenvalue weighted by molar-refractivity contribution is 5.81. The summed E-state index contributed by atoms with van der Waals surface area (Å²) in [6, 6.07) is -0.0216.